The van der Waals surface area contributed by atoms with Crippen LogP contribution in [0.25, 0.3) is 0 Å². The van der Waals surface area contributed by atoms with Gasteiger partial charge in [-0.25, -0.2) is 9.78 Å². The monoisotopic (exact) mass is 218 g/mol. The van der Waals surface area contributed by atoms with E-state index >= 15 is 0 Å². The SMILES string of the molecule is O=C(O)c1nccn1CNc1cccnc1. The molecule has 0 radical (unpaired) electrons. The zero-order valence-electron chi connectivity index (χ0n) is 8.37. The van der Waals surface area contributed by atoms with Gasteiger partial charge in [0.25, 0.3) is 0 Å². The largest absolute Gasteiger partial charge is 0.475 e. The van der Waals surface area contributed by atoms with Crippen LogP contribution in [0.2, 0.25) is 0 Å². The second kappa shape index (κ2) is 4.43. The number of pyridine rings is 1. The number of carbonyl (C=O) groups is 1. The third-order valence-corrected chi connectivity index (χ3v) is 2.02. The summed E-state index contributed by atoms with van der Waals surface area (Å²) in [6.45, 7) is 0.341. The first-order valence-corrected chi connectivity index (χ1v) is 4.65. The van der Waals surface area contributed by atoms with Crippen molar-refractivity contribution in [2.75, 3.05) is 5.32 Å². The van der Waals surface area contributed by atoms with Gasteiger partial charge in [0.15, 0.2) is 0 Å². The topological polar surface area (TPSA) is 80.0 Å². The lowest BCUT2D eigenvalue weighted by Crippen LogP contribution is -2.14. The Bertz CT molecular complexity index is 481. The van der Waals surface area contributed by atoms with E-state index in [2.05, 4.69) is 15.3 Å². The fourth-order valence-corrected chi connectivity index (χ4v) is 1.28. The average molecular weight is 218 g/mol. The van der Waals surface area contributed by atoms with Crippen LogP contribution in [0, 0.1) is 0 Å². The quantitative estimate of drug-likeness (QED) is 0.801. The van der Waals surface area contributed by atoms with Gasteiger partial charge < -0.3 is 15.0 Å². The molecule has 2 aromatic heterocycles. The van der Waals surface area contributed by atoms with Crippen LogP contribution in [-0.4, -0.2) is 25.6 Å². The predicted molar refractivity (Wildman–Crippen MR) is 57.0 cm³/mol. The number of rotatable bonds is 4. The zero-order valence-corrected chi connectivity index (χ0v) is 8.37. The Labute approximate surface area is 91.6 Å². The van der Waals surface area contributed by atoms with Crippen molar-refractivity contribution in [1.82, 2.24) is 14.5 Å². The number of carboxylic acid groups (broad SMARTS) is 1. The van der Waals surface area contributed by atoms with Crippen molar-refractivity contribution in [2.24, 2.45) is 0 Å². The van der Waals surface area contributed by atoms with Gasteiger partial charge in [-0.15, -0.1) is 0 Å². The number of carboxylic acids is 1. The minimum atomic E-state index is -1.04. The van der Waals surface area contributed by atoms with Crippen molar-refractivity contribution in [1.29, 1.82) is 0 Å². The molecule has 0 amide bonds. The number of imidazole rings is 1. The molecule has 6 heteroatoms. The van der Waals surface area contributed by atoms with Crippen LogP contribution in [0.1, 0.15) is 10.6 Å². The Hall–Kier alpha value is -2.37. The standard InChI is InChI=1S/C10H10N4O2/c15-10(16)9-12-4-5-14(9)7-13-8-2-1-3-11-6-8/h1-6,13H,7H2,(H,15,16). The molecule has 82 valence electrons. The van der Waals surface area contributed by atoms with E-state index in [1.54, 1.807) is 24.7 Å². The number of hydrogen-bond acceptors (Lipinski definition) is 4. The van der Waals surface area contributed by atoms with Gasteiger partial charge >= 0.3 is 5.97 Å². The van der Waals surface area contributed by atoms with E-state index in [0.717, 1.165) is 5.69 Å². The maximum absolute atomic E-state index is 10.8. The molecule has 0 aromatic carbocycles. The number of hydrogen-bond donors (Lipinski definition) is 2. The molecule has 0 aliphatic rings. The van der Waals surface area contributed by atoms with E-state index in [1.807, 2.05) is 6.07 Å². The number of aromatic carboxylic acids is 1. The van der Waals surface area contributed by atoms with Crippen LogP contribution in [0.15, 0.2) is 36.9 Å². The number of nitrogens with zero attached hydrogens (tertiary/aromatic N) is 3. The van der Waals surface area contributed by atoms with Crippen LogP contribution in [0.5, 0.6) is 0 Å². The molecule has 6 nitrogen and oxygen atoms in total. The van der Waals surface area contributed by atoms with Crippen molar-refractivity contribution < 1.29 is 9.90 Å². The van der Waals surface area contributed by atoms with Gasteiger partial charge in [-0.1, -0.05) is 0 Å². The van der Waals surface area contributed by atoms with Gasteiger partial charge in [-0.3, -0.25) is 4.98 Å². The lowest BCUT2D eigenvalue weighted by atomic mass is 10.4. The molecular formula is C10H10N4O2. The minimum absolute atomic E-state index is 0.0105. The molecule has 0 saturated carbocycles. The summed E-state index contributed by atoms with van der Waals surface area (Å²) in [7, 11) is 0. The van der Waals surface area contributed by atoms with E-state index in [0.29, 0.717) is 6.67 Å². The van der Waals surface area contributed by atoms with Gasteiger partial charge in [0, 0.05) is 24.8 Å². The Morgan fingerprint density at radius 2 is 2.38 bits per heavy atom. The summed E-state index contributed by atoms with van der Waals surface area (Å²) in [5, 5.41) is 11.9. The molecule has 0 spiro atoms. The fourth-order valence-electron chi connectivity index (χ4n) is 1.28. The number of anilines is 1. The molecule has 0 aliphatic carbocycles. The van der Waals surface area contributed by atoms with Crippen LogP contribution < -0.4 is 5.32 Å². The van der Waals surface area contributed by atoms with Gasteiger partial charge in [0.05, 0.1) is 12.4 Å². The highest BCUT2D eigenvalue weighted by Gasteiger charge is 2.09. The first kappa shape index (κ1) is 10.2. The maximum atomic E-state index is 10.8. The summed E-state index contributed by atoms with van der Waals surface area (Å²) >= 11 is 0. The zero-order chi connectivity index (χ0) is 11.4. The molecule has 0 atom stereocenters. The molecule has 2 heterocycles. The Balaban J connectivity index is 2.05. The molecule has 0 bridgehead atoms. The van der Waals surface area contributed by atoms with Crippen LogP contribution in [-0.2, 0) is 6.67 Å². The molecule has 0 unspecified atom stereocenters. The van der Waals surface area contributed by atoms with E-state index < -0.39 is 5.97 Å². The molecule has 2 N–H and O–H groups in total. The van der Waals surface area contributed by atoms with Gasteiger partial charge in [-0.05, 0) is 12.1 Å². The Morgan fingerprint density at radius 1 is 1.50 bits per heavy atom. The molecule has 2 aromatic rings. The second-order valence-corrected chi connectivity index (χ2v) is 3.10. The molecule has 0 saturated heterocycles. The van der Waals surface area contributed by atoms with Crippen molar-refractivity contribution in [2.45, 2.75) is 6.67 Å². The molecule has 16 heavy (non-hydrogen) atoms. The van der Waals surface area contributed by atoms with Crippen LogP contribution in [0.4, 0.5) is 5.69 Å². The Kier molecular flexibility index (Phi) is 2.81. The van der Waals surface area contributed by atoms with E-state index in [1.165, 1.54) is 10.8 Å². The molecule has 2 rings (SSSR count). The van der Waals surface area contributed by atoms with E-state index in [-0.39, 0.29) is 5.82 Å². The summed E-state index contributed by atoms with van der Waals surface area (Å²) in [5.41, 5.74) is 0.826. The van der Waals surface area contributed by atoms with Crippen LogP contribution in [0.3, 0.4) is 0 Å². The fraction of sp³-hybridized carbons (Fsp3) is 0.100. The van der Waals surface area contributed by atoms with Crippen molar-refractivity contribution >= 4 is 11.7 Å². The highest BCUT2D eigenvalue weighted by Crippen LogP contribution is 2.04. The predicted octanol–water partition coefficient (Wildman–Crippen LogP) is 1.05. The Morgan fingerprint density at radius 3 is 3.06 bits per heavy atom. The minimum Gasteiger partial charge on any atom is -0.475 e. The van der Waals surface area contributed by atoms with E-state index in [4.69, 9.17) is 5.11 Å². The van der Waals surface area contributed by atoms with E-state index in [9.17, 15) is 4.79 Å². The maximum Gasteiger partial charge on any atom is 0.372 e. The normalized spacial score (nSPS) is 10.0. The van der Waals surface area contributed by atoms with Crippen molar-refractivity contribution in [3.63, 3.8) is 0 Å². The van der Waals surface area contributed by atoms with Crippen LogP contribution >= 0.6 is 0 Å². The summed E-state index contributed by atoms with van der Waals surface area (Å²) < 4.78 is 1.51. The number of nitrogens with one attached hydrogen (secondary N) is 1. The average Bonchev–Trinajstić information content (AvgIpc) is 2.76. The number of aromatic nitrogens is 3. The third-order valence-electron chi connectivity index (χ3n) is 2.02. The molecular weight excluding hydrogens is 208 g/mol. The first-order chi connectivity index (χ1) is 7.77. The lowest BCUT2D eigenvalue weighted by molar-refractivity contribution is 0.0678. The molecule has 0 fully saturated rings. The highest BCUT2D eigenvalue weighted by molar-refractivity contribution is 5.83. The lowest BCUT2D eigenvalue weighted by Gasteiger charge is -2.07. The third kappa shape index (κ3) is 2.17. The second-order valence-electron chi connectivity index (χ2n) is 3.10. The first-order valence-electron chi connectivity index (χ1n) is 4.65. The van der Waals surface area contributed by atoms with Gasteiger partial charge in [-0.2, -0.15) is 0 Å². The highest BCUT2D eigenvalue weighted by atomic mass is 16.4. The summed E-state index contributed by atoms with van der Waals surface area (Å²) in [5.74, 6) is -1.03. The van der Waals surface area contributed by atoms with Crippen molar-refractivity contribution in [3.8, 4) is 0 Å². The summed E-state index contributed by atoms with van der Waals surface area (Å²) in [6.07, 6.45) is 6.39. The molecule has 0 aliphatic heterocycles. The smallest absolute Gasteiger partial charge is 0.372 e. The van der Waals surface area contributed by atoms with Gasteiger partial charge in [0.1, 0.15) is 0 Å². The van der Waals surface area contributed by atoms with Crippen molar-refractivity contribution in [3.05, 3.63) is 42.7 Å². The van der Waals surface area contributed by atoms with Gasteiger partial charge in [0.2, 0.25) is 5.82 Å². The summed E-state index contributed by atoms with van der Waals surface area (Å²) in [4.78, 5) is 18.4. The summed E-state index contributed by atoms with van der Waals surface area (Å²) in [6, 6.07) is 3.65.